The average Bonchev–Trinajstić information content (AvgIpc) is 2.46. The Labute approximate surface area is 112 Å². The van der Waals surface area contributed by atoms with Crippen LogP contribution in [-0.4, -0.2) is 16.8 Å². The fraction of sp³-hybridized carbons (Fsp3) is 0.125. The summed E-state index contributed by atoms with van der Waals surface area (Å²) in [5.74, 6) is 0.761. The fourth-order valence-electron chi connectivity index (χ4n) is 2.39. The Morgan fingerprint density at radius 1 is 1.16 bits per heavy atom. The third-order valence-corrected chi connectivity index (χ3v) is 3.37. The molecule has 0 amide bonds. The van der Waals surface area contributed by atoms with Gasteiger partial charge in [-0.1, -0.05) is 36.9 Å². The van der Waals surface area contributed by atoms with Crippen LogP contribution < -0.4 is 5.32 Å². The molecule has 0 saturated carbocycles. The molecule has 1 aliphatic carbocycles. The van der Waals surface area contributed by atoms with Crippen LogP contribution in [-0.2, 0) is 11.2 Å². The monoisotopic (exact) mass is 250 g/mol. The fourth-order valence-corrected chi connectivity index (χ4v) is 2.39. The quantitative estimate of drug-likeness (QED) is 0.833. The second kappa shape index (κ2) is 4.69. The molecule has 19 heavy (non-hydrogen) atoms. The summed E-state index contributed by atoms with van der Waals surface area (Å²) in [6.07, 6.45) is 2.38. The molecule has 0 saturated heterocycles. The van der Waals surface area contributed by atoms with Crippen LogP contribution in [0.5, 0.6) is 0 Å². The van der Waals surface area contributed by atoms with E-state index in [1.165, 1.54) is 0 Å². The summed E-state index contributed by atoms with van der Waals surface area (Å²) < 4.78 is 0. The molecule has 0 fully saturated rings. The molecule has 1 unspecified atom stereocenters. The van der Waals surface area contributed by atoms with Gasteiger partial charge in [-0.05, 0) is 23.3 Å². The summed E-state index contributed by atoms with van der Waals surface area (Å²) in [7, 11) is 0. The number of fused-ring (bicyclic) bond motifs is 1. The lowest BCUT2D eigenvalue weighted by molar-refractivity contribution is -0.114. The highest BCUT2D eigenvalue weighted by atomic mass is 16.1. The summed E-state index contributed by atoms with van der Waals surface area (Å²) in [5, 5.41) is 3.18. The summed E-state index contributed by atoms with van der Waals surface area (Å²) >= 11 is 0. The van der Waals surface area contributed by atoms with Crippen LogP contribution in [0.3, 0.4) is 0 Å². The highest BCUT2D eigenvalue weighted by Gasteiger charge is 2.29. The van der Waals surface area contributed by atoms with Gasteiger partial charge >= 0.3 is 0 Å². The number of carbonyl (C=O) groups is 1. The summed E-state index contributed by atoms with van der Waals surface area (Å²) in [6, 6.07) is 13.2. The van der Waals surface area contributed by atoms with Gasteiger partial charge in [-0.2, -0.15) is 0 Å². The first-order chi connectivity index (χ1) is 9.25. The molecule has 1 aromatic carbocycles. The Morgan fingerprint density at radius 3 is 2.74 bits per heavy atom. The number of pyridine rings is 1. The van der Waals surface area contributed by atoms with Crippen molar-refractivity contribution in [3.05, 3.63) is 66.4 Å². The van der Waals surface area contributed by atoms with Gasteiger partial charge in [0.25, 0.3) is 0 Å². The van der Waals surface area contributed by atoms with Gasteiger partial charge in [-0.15, -0.1) is 0 Å². The van der Waals surface area contributed by atoms with E-state index in [1.54, 1.807) is 6.20 Å². The molecule has 1 heterocycles. The second-order valence-corrected chi connectivity index (χ2v) is 4.62. The normalized spacial score (nSPS) is 18.0. The zero-order valence-corrected chi connectivity index (χ0v) is 10.5. The van der Waals surface area contributed by atoms with Crippen LogP contribution in [0.4, 0.5) is 5.82 Å². The largest absolute Gasteiger partial charge is 0.360 e. The van der Waals surface area contributed by atoms with Crippen LogP contribution in [0, 0.1) is 0 Å². The number of nitrogens with one attached hydrogen (secondary N) is 1. The van der Waals surface area contributed by atoms with Gasteiger partial charge in [0.2, 0.25) is 0 Å². The summed E-state index contributed by atoms with van der Waals surface area (Å²) in [4.78, 5) is 16.5. The SMILES string of the molecule is C=C1C(=O)C(Nc2ccccn2)Cc2ccccc21. The molecule has 3 rings (SSSR count). The maximum atomic E-state index is 12.3. The molecule has 94 valence electrons. The number of Topliss-reactive ketones (excluding diaryl/α,β-unsaturated/α-hetero) is 1. The number of carbonyl (C=O) groups excluding carboxylic acids is 1. The van der Waals surface area contributed by atoms with Crippen molar-refractivity contribution in [2.24, 2.45) is 0 Å². The minimum Gasteiger partial charge on any atom is -0.360 e. The molecule has 1 aromatic heterocycles. The Bertz CT molecular complexity index is 634. The van der Waals surface area contributed by atoms with E-state index in [1.807, 2.05) is 42.5 Å². The van der Waals surface area contributed by atoms with Gasteiger partial charge in [0, 0.05) is 18.2 Å². The second-order valence-electron chi connectivity index (χ2n) is 4.62. The first kappa shape index (κ1) is 11.7. The molecular weight excluding hydrogens is 236 g/mol. The van der Waals surface area contributed by atoms with Crippen LogP contribution in [0.2, 0.25) is 0 Å². The van der Waals surface area contributed by atoms with E-state index in [0.29, 0.717) is 17.8 Å². The molecule has 1 aliphatic rings. The number of nitrogens with zero attached hydrogens (tertiary/aromatic N) is 1. The van der Waals surface area contributed by atoms with Crippen molar-refractivity contribution in [2.45, 2.75) is 12.5 Å². The molecule has 0 spiro atoms. The van der Waals surface area contributed by atoms with Crippen molar-refractivity contribution in [3.63, 3.8) is 0 Å². The number of ketones is 1. The van der Waals surface area contributed by atoms with E-state index >= 15 is 0 Å². The van der Waals surface area contributed by atoms with Crippen molar-refractivity contribution >= 4 is 17.2 Å². The standard InChI is InChI=1S/C16H14N2O/c1-11-13-7-3-2-6-12(13)10-14(16(11)19)18-15-8-4-5-9-17-15/h2-9,14H,1,10H2,(H,17,18). The summed E-state index contributed by atoms with van der Waals surface area (Å²) in [5.41, 5.74) is 2.70. The number of rotatable bonds is 2. The lowest BCUT2D eigenvalue weighted by atomic mass is 9.84. The highest BCUT2D eigenvalue weighted by molar-refractivity contribution is 6.24. The van der Waals surface area contributed by atoms with Crippen molar-refractivity contribution in [2.75, 3.05) is 5.32 Å². The van der Waals surface area contributed by atoms with Crippen molar-refractivity contribution in [1.82, 2.24) is 4.98 Å². The van der Waals surface area contributed by atoms with E-state index in [0.717, 1.165) is 11.1 Å². The molecule has 0 radical (unpaired) electrons. The number of benzene rings is 1. The zero-order valence-electron chi connectivity index (χ0n) is 10.5. The van der Waals surface area contributed by atoms with Gasteiger partial charge in [0.05, 0.1) is 6.04 Å². The number of aromatic nitrogens is 1. The lowest BCUT2D eigenvalue weighted by Gasteiger charge is -2.26. The zero-order chi connectivity index (χ0) is 13.2. The molecule has 0 bridgehead atoms. The molecule has 3 nitrogen and oxygen atoms in total. The molecule has 1 N–H and O–H groups in total. The van der Waals surface area contributed by atoms with Crippen molar-refractivity contribution < 1.29 is 4.79 Å². The van der Waals surface area contributed by atoms with Crippen LogP contribution in [0.25, 0.3) is 5.57 Å². The molecule has 1 atom stereocenters. The van der Waals surface area contributed by atoms with Gasteiger partial charge < -0.3 is 5.32 Å². The highest BCUT2D eigenvalue weighted by Crippen LogP contribution is 2.28. The van der Waals surface area contributed by atoms with E-state index < -0.39 is 0 Å². The van der Waals surface area contributed by atoms with Gasteiger partial charge in [-0.25, -0.2) is 4.98 Å². The van der Waals surface area contributed by atoms with Gasteiger partial charge in [0.15, 0.2) is 5.78 Å². The third-order valence-electron chi connectivity index (χ3n) is 3.37. The first-order valence-electron chi connectivity index (χ1n) is 6.24. The Kier molecular flexibility index (Phi) is 2.88. The molecule has 2 aromatic rings. The third kappa shape index (κ3) is 2.15. The first-order valence-corrected chi connectivity index (χ1v) is 6.24. The van der Waals surface area contributed by atoms with E-state index in [2.05, 4.69) is 16.9 Å². The van der Waals surface area contributed by atoms with E-state index in [-0.39, 0.29) is 11.8 Å². The topological polar surface area (TPSA) is 42.0 Å². The van der Waals surface area contributed by atoms with E-state index in [4.69, 9.17) is 0 Å². The number of hydrogen-bond acceptors (Lipinski definition) is 3. The van der Waals surface area contributed by atoms with Crippen molar-refractivity contribution in [1.29, 1.82) is 0 Å². The Balaban J connectivity index is 1.89. The predicted molar refractivity (Wildman–Crippen MR) is 75.8 cm³/mol. The van der Waals surface area contributed by atoms with Crippen LogP contribution >= 0.6 is 0 Å². The number of hydrogen-bond donors (Lipinski definition) is 1. The van der Waals surface area contributed by atoms with Gasteiger partial charge in [0.1, 0.15) is 5.82 Å². The molecule has 0 aliphatic heterocycles. The number of anilines is 1. The lowest BCUT2D eigenvalue weighted by Crippen LogP contribution is -2.36. The minimum atomic E-state index is -0.280. The van der Waals surface area contributed by atoms with E-state index in [9.17, 15) is 4.79 Å². The maximum absolute atomic E-state index is 12.3. The minimum absolute atomic E-state index is 0.0457. The Hall–Kier alpha value is -2.42. The summed E-state index contributed by atoms with van der Waals surface area (Å²) in [6.45, 7) is 3.92. The maximum Gasteiger partial charge on any atom is 0.185 e. The predicted octanol–water partition coefficient (Wildman–Crippen LogP) is 2.70. The van der Waals surface area contributed by atoms with Gasteiger partial charge in [-0.3, -0.25) is 4.79 Å². The Morgan fingerprint density at radius 2 is 1.95 bits per heavy atom. The molecular formula is C16H14N2O. The van der Waals surface area contributed by atoms with Crippen LogP contribution in [0.15, 0.2) is 55.2 Å². The van der Waals surface area contributed by atoms with Crippen LogP contribution in [0.1, 0.15) is 11.1 Å². The molecule has 3 heteroatoms. The smallest absolute Gasteiger partial charge is 0.185 e. The van der Waals surface area contributed by atoms with Crippen molar-refractivity contribution in [3.8, 4) is 0 Å². The average molecular weight is 250 g/mol.